The summed E-state index contributed by atoms with van der Waals surface area (Å²) in [5, 5.41) is 2.56. The number of alkyl halides is 3. The first-order valence-electron chi connectivity index (χ1n) is 8.09. The Labute approximate surface area is 139 Å². The van der Waals surface area contributed by atoms with Gasteiger partial charge in [0.1, 0.15) is 17.8 Å². The van der Waals surface area contributed by atoms with Crippen LogP contribution in [0.5, 0.6) is 5.75 Å². The molecule has 7 heteroatoms. The molecule has 0 radical (unpaired) electrons. The van der Waals surface area contributed by atoms with Crippen molar-refractivity contribution in [3.63, 3.8) is 0 Å². The van der Waals surface area contributed by atoms with E-state index in [1.165, 1.54) is 0 Å². The summed E-state index contributed by atoms with van der Waals surface area (Å²) in [7, 11) is 2.03. The van der Waals surface area contributed by atoms with E-state index in [0.29, 0.717) is 12.2 Å². The molecule has 1 N–H and O–H groups in total. The second-order valence-electron chi connectivity index (χ2n) is 6.74. The molecular weight excluding hydrogens is 321 g/mol. The highest BCUT2D eigenvalue weighted by molar-refractivity contribution is 5.77. The third kappa shape index (κ3) is 3.83. The number of hydrogen-bond acceptors (Lipinski definition) is 3. The number of hydrogen-bond donors (Lipinski definition) is 1. The van der Waals surface area contributed by atoms with Crippen LogP contribution in [0.1, 0.15) is 37.3 Å². The van der Waals surface area contributed by atoms with Crippen LogP contribution in [0.2, 0.25) is 0 Å². The van der Waals surface area contributed by atoms with Crippen LogP contribution in [-0.4, -0.2) is 42.7 Å². The Hall–Kier alpha value is -1.76. The molecule has 0 aromatic heterocycles. The molecule has 0 bridgehead atoms. The van der Waals surface area contributed by atoms with Gasteiger partial charge in [-0.05, 0) is 26.0 Å². The molecule has 2 aliphatic rings. The van der Waals surface area contributed by atoms with Gasteiger partial charge in [0.2, 0.25) is 5.91 Å². The van der Waals surface area contributed by atoms with Crippen molar-refractivity contribution in [3.8, 4) is 5.75 Å². The molecule has 4 nitrogen and oxygen atoms in total. The average Bonchev–Trinajstić information content (AvgIpc) is 2.49. The summed E-state index contributed by atoms with van der Waals surface area (Å²) in [6.07, 6.45) is -3.86. The summed E-state index contributed by atoms with van der Waals surface area (Å²) in [5.74, 6) is -0.335. The number of carbonyl (C=O) groups excluding carboxylic acids is 1. The molecule has 1 aromatic rings. The van der Waals surface area contributed by atoms with Crippen LogP contribution in [0.15, 0.2) is 24.3 Å². The van der Waals surface area contributed by atoms with Gasteiger partial charge in [-0.25, -0.2) is 0 Å². The van der Waals surface area contributed by atoms with E-state index in [-0.39, 0.29) is 0 Å². The lowest BCUT2D eigenvalue weighted by Crippen LogP contribution is -2.51. The van der Waals surface area contributed by atoms with Gasteiger partial charge >= 0.3 is 6.18 Å². The number of amides is 1. The van der Waals surface area contributed by atoms with Crippen molar-refractivity contribution in [2.45, 2.75) is 43.5 Å². The third-order valence-electron chi connectivity index (χ3n) is 4.79. The van der Waals surface area contributed by atoms with Crippen LogP contribution in [-0.2, 0) is 4.79 Å². The van der Waals surface area contributed by atoms with Gasteiger partial charge in [0.05, 0.1) is 6.04 Å². The Balaban J connectivity index is 1.80. The summed E-state index contributed by atoms with van der Waals surface area (Å²) in [5.41, 5.74) is 0.328. The summed E-state index contributed by atoms with van der Waals surface area (Å²) in [6.45, 7) is 1.73. The van der Waals surface area contributed by atoms with E-state index >= 15 is 0 Å². The predicted molar refractivity (Wildman–Crippen MR) is 82.7 cm³/mol. The minimum absolute atomic E-state index is 0.420. The number of nitrogens with zero attached hydrogens (tertiary/aromatic N) is 1. The highest BCUT2D eigenvalue weighted by Crippen LogP contribution is 2.44. The lowest BCUT2D eigenvalue weighted by atomic mass is 9.80. The molecule has 1 fully saturated rings. The molecule has 1 spiro atoms. The van der Waals surface area contributed by atoms with Gasteiger partial charge in [-0.2, -0.15) is 13.2 Å². The minimum atomic E-state index is -4.50. The summed E-state index contributed by atoms with van der Waals surface area (Å²) < 4.78 is 43.6. The van der Waals surface area contributed by atoms with E-state index in [2.05, 4.69) is 10.2 Å². The average molecular weight is 342 g/mol. The lowest BCUT2D eigenvalue weighted by Gasteiger charge is -2.46. The van der Waals surface area contributed by atoms with Crippen molar-refractivity contribution in [3.05, 3.63) is 29.8 Å². The summed E-state index contributed by atoms with van der Waals surface area (Å²) in [4.78, 5) is 14.0. The van der Waals surface area contributed by atoms with Crippen LogP contribution in [0.3, 0.4) is 0 Å². The van der Waals surface area contributed by atoms with Gasteiger partial charge in [0.15, 0.2) is 0 Å². The molecule has 0 unspecified atom stereocenters. The van der Waals surface area contributed by atoms with Gasteiger partial charge in [-0.1, -0.05) is 18.2 Å². The van der Waals surface area contributed by atoms with Gasteiger partial charge in [-0.3, -0.25) is 4.79 Å². The molecule has 1 amide bonds. The fraction of sp³-hybridized carbons (Fsp3) is 0.588. The van der Waals surface area contributed by atoms with Crippen molar-refractivity contribution in [1.29, 1.82) is 0 Å². The zero-order valence-corrected chi connectivity index (χ0v) is 13.5. The maximum Gasteiger partial charge on any atom is 0.397 e. The van der Waals surface area contributed by atoms with Crippen LogP contribution in [0.25, 0.3) is 0 Å². The Kier molecular flexibility index (Phi) is 4.46. The second kappa shape index (κ2) is 6.27. The fourth-order valence-corrected chi connectivity index (χ4v) is 3.51. The number of para-hydroxylation sites is 1. The smallest absolute Gasteiger partial charge is 0.397 e. The van der Waals surface area contributed by atoms with E-state index in [1.807, 2.05) is 19.2 Å². The van der Waals surface area contributed by atoms with Crippen LogP contribution >= 0.6 is 0 Å². The number of nitrogens with one attached hydrogen (secondary N) is 1. The lowest BCUT2D eigenvalue weighted by molar-refractivity contribution is -0.154. The topological polar surface area (TPSA) is 41.6 Å². The van der Waals surface area contributed by atoms with E-state index in [0.717, 1.165) is 31.5 Å². The molecule has 132 valence electrons. The standard InChI is InChI=1S/C17H21F3N2O2/c1-22-8-6-16(7-9-22)10-13(21-15(23)11-17(18,19)20)12-4-2-3-5-14(12)24-16/h2-5,13H,6-11H2,1H3,(H,21,23)/t13-/m1/s1. The molecule has 0 aliphatic carbocycles. The molecule has 2 heterocycles. The van der Waals surface area contributed by atoms with Gasteiger partial charge in [-0.15, -0.1) is 0 Å². The molecule has 0 saturated carbocycles. The highest BCUT2D eigenvalue weighted by atomic mass is 19.4. The fourth-order valence-electron chi connectivity index (χ4n) is 3.51. The number of fused-ring (bicyclic) bond motifs is 1. The van der Waals surface area contributed by atoms with Gasteiger partial charge < -0.3 is 15.0 Å². The largest absolute Gasteiger partial charge is 0.487 e. The first-order chi connectivity index (χ1) is 11.3. The Morgan fingerprint density at radius 1 is 1.33 bits per heavy atom. The normalized spacial score (nSPS) is 23.4. The molecule has 1 atom stereocenters. The van der Waals surface area contributed by atoms with E-state index in [4.69, 9.17) is 4.74 Å². The zero-order valence-electron chi connectivity index (χ0n) is 13.5. The SMILES string of the molecule is CN1CCC2(CC1)C[C@@H](NC(=O)CC(F)(F)F)c1ccccc1O2. The predicted octanol–water partition coefficient (Wildman–Crippen LogP) is 3.04. The Bertz CT molecular complexity index is 610. The Morgan fingerprint density at radius 3 is 2.67 bits per heavy atom. The van der Waals surface area contributed by atoms with E-state index < -0.39 is 30.1 Å². The first kappa shape index (κ1) is 17.1. The number of rotatable bonds is 2. The van der Waals surface area contributed by atoms with Crippen LogP contribution < -0.4 is 10.1 Å². The Morgan fingerprint density at radius 2 is 2.00 bits per heavy atom. The molecule has 24 heavy (non-hydrogen) atoms. The number of piperidine rings is 1. The quantitative estimate of drug-likeness (QED) is 0.898. The van der Waals surface area contributed by atoms with Crippen molar-refractivity contribution in [1.82, 2.24) is 10.2 Å². The maximum absolute atomic E-state index is 12.5. The summed E-state index contributed by atoms with van der Waals surface area (Å²) >= 11 is 0. The van der Waals surface area contributed by atoms with Crippen molar-refractivity contribution in [2.24, 2.45) is 0 Å². The van der Waals surface area contributed by atoms with Crippen molar-refractivity contribution < 1.29 is 22.7 Å². The molecule has 2 aliphatic heterocycles. The van der Waals surface area contributed by atoms with Gasteiger partial charge in [0, 0.05) is 25.1 Å². The number of carbonyl (C=O) groups is 1. The third-order valence-corrected chi connectivity index (χ3v) is 4.79. The second-order valence-corrected chi connectivity index (χ2v) is 6.74. The highest BCUT2D eigenvalue weighted by Gasteiger charge is 2.43. The number of likely N-dealkylation sites (tertiary alicyclic amines) is 1. The zero-order chi connectivity index (χ0) is 17.4. The van der Waals surface area contributed by atoms with Crippen molar-refractivity contribution >= 4 is 5.91 Å². The van der Waals surface area contributed by atoms with Crippen molar-refractivity contribution in [2.75, 3.05) is 20.1 Å². The van der Waals surface area contributed by atoms with E-state index in [9.17, 15) is 18.0 Å². The molecular formula is C17H21F3N2O2. The number of halogens is 3. The molecule has 1 aromatic carbocycles. The summed E-state index contributed by atoms with van der Waals surface area (Å²) in [6, 6.07) is 6.81. The van der Waals surface area contributed by atoms with Gasteiger partial charge in [0.25, 0.3) is 0 Å². The van der Waals surface area contributed by atoms with Crippen LogP contribution in [0, 0.1) is 0 Å². The van der Waals surface area contributed by atoms with E-state index in [1.54, 1.807) is 12.1 Å². The monoisotopic (exact) mass is 342 g/mol. The number of ether oxygens (including phenoxy) is 1. The molecule has 1 saturated heterocycles. The first-order valence-corrected chi connectivity index (χ1v) is 8.09. The minimum Gasteiger partial charge on any atom is -0.487 e. The number of benzene rings is 1. The maximum atomic E-state index is 12.5. The molecule has 3 rings (SSSR count). The van der Waals surface area contributed by atoms with Crippen LogP contribution in [0.4, 0.5) is 13.2 Å².